The van der Waals surface area contributed by atoms with E-state index in [-0.39, 0.29) is 5.79 Å². The van der Waals surface area contributed by atoms with E-state index in [9.17, 15) is 0 Å². The maximum absolute atomic E-state index is 5.84. The molecule has 0 aromatic heterocycles. The summed E-state index contributed by atoms with van der Waals surface area (Å²) in [5, 5.41) is 0. The molecule has 0 aromatic rings. The van der Waals surface area contributed by atoms with E-state index in [2.05, 4.69) is 6.92 Å². The van der Waals surface area contributed by atoms with Crippen LogP contribution in [0.5, 0.6) is 0 Å². The molecule has 3 rings (SSSR count). The number of hydrogen-bond acceptors (Lipinski definition) is 2. The minimum absolute atomic E-state index is 0.130. The molecule has 3 unspecified atom stereocenters. The summed E-state index contributed by atoms with van der Waals surface area (Å²) >= 11 is 0. The molecule has 1 heterocycles. The van der Waals surface area contributed by atoms with Crippen LogP contribution in [0.2, 0.25) is 0 Å². The Balaban J connectivity index is 1.85. The third-order valence-corrected chi connectivity index (χ3v) is 4.35. The topological polar surface area (TPSA) is 18.5 Å². The Morgan fingerprint density at radius 1 is 1.08 bits per heavy atom. The van der Waals surface area contributed by atoms with Gasteiger partial charge in [0.15, 0.2) is 5.79 Å². The first-order chi connectivity index (χ1) is 6.32. The minimum atomic E-state index is -0.130. The zero-order valence-corrected chi connectivity index (χ0v) is 8.29. The van der Waals surface area contributed by atoms with E-state index >= 15 is 0 Å². The highest BCUT2D eigenvalue weighted by atomic mass is 16.7. The third-order valence-electron chi connectivity index (χ3n) is 4.35. The average molecular weight is 182 g/mol. The van der Waals surface area contributed by atoms with Gasteiger partial charge in [0.1, 0.15) is 0 Å². The second kappa shape index (κ2) is 2.71. The molecule has 3 atom stereocenters. The van der Waals surface area contributed by atoms with Crippen molar-refractivity contribution in [2.75, 3.05) is 13.2 Å². The standard InChI is InChI=1S/C11H18O2/c1-8-2-3-10-9(8)4-5-11(10)12-6-7-13-11/h8-10H,2-7H2,1H3. The predicted octanol–water partition coefficient (Wildman–Crippen LogP) is 2.19. The minimum Gasteiger partial charge on any atom is -0.347 e. The predicted molar refractivity (Wildman–Crippen MR) is 49.2 cm³/mol. The van der Waals surface area contributed by atoms with Crippen molar-refractivity contribution < 1.29 is 9.47 Å². The molecule has 3 fully saturated rings. The Kier molecular flexibility index (Phi) is 1.72. The summed E-state index contributed by atoms with van der Waals surface area (Å²) in [6, 6.07) is 0. The van der Waals surface area contributed by atoms with Gasteiger partial charge in [-0.2, -0.15) is 0 Å². The molecule has 3 aliphatic rings. The van der Waals surface area contributed by atoms with Crippen molar-refractivity contribution in [3.05, 3.63) is 0 Å². The van der Waals surface area contributed by atoms with Crippen LogP contribution < -0.4 is 0 Å². The lowest BCUT2D eigenvalue weighted by Crippen LogP contribution is -2.35. The third kappa shape index (κ3) is 1.02. The van der Waals surface area contributed by atoms with E-state index in [1.165, 1.54) is 19.3 Å². The second-order valence-electron chi connectivity index (χ2n) is 4.87. The summed E-state index contributed by atoms with van der Waals surface area (Å²) in [6.45, 7) is 4.02. The van der Waals surface area contributed by atoms with Crippen molar-refractivity contribution in [2.24, 2.45) is 17.8 Å². The molecule has 1 saturated heterocycles. The molecule has 1 spiro atoms. The molecule has 0 N–H and O–H groups in total. The highest BCUT2D eigenvalue weighted by molar-refractivity contribution is 4.99. The van der Waals surface area contributed by atoms with Gasteiger partial charge >= 0.3 is 0 Å². The molecular formula is C11H18O2. The van der Waals surface area contributed by atoms with Gasteiger partial charge in [-0.3, -0.25) is 0 Å². The van der Waals surface area contributed by atoms with Crippen LogP contribution in [0.4, 0.5) is 0 Å². The quantitative estimate of drug-likeness (QED) is 0.571. The highest BCUT2D eigenvalue weighted by Crippen LogP contribution is 2.55. The molecule has 13 heavy (non-hydrogen) atoms. The van der Waals surface area contributed by atoms with Crippen LogP contribution in [0.1, 0.15) is 32.6 Å². The fraction of sp³-hybridized carbons (Fsp3) is 1.00. The van der Waals surface area contributed by atoms with Gasteiger partial charge in [-0.05, 0) is 31.1 Å². The summed E-state index contributed by atoms with van der Waals surface area (Å²) in [5.74, 6) is 2.37. The lowest BCUT2D eigenvalue weighted by molar-refractivity contribution is -0.183. The maximum Gasteiger partial charge on any atom is 0.171 e. The van der Waals surface area contributed by atoms with Gasteiger partial charge in [0.05, 0.1) is 13.2 Å². The first-order valence-corrected chi connectivity index (χ1v) is 5.60. The Hall–Kier alpha value is -0.0800. The molecule has 2 heteroatoms. The Morgan fingerprint density at radius 3 is 2.62 bits per heavy atom. The van der Waals surface area contributed by atoms with Crippen LogP contribution in [-0.4, -0.2) is 19.0 Å². The van der Waals surface area contributed by atoms with Crippen LogP contribution in [0.25, 0.3) is 0 Å². The lowest BCUT2D eigenvalue weighted by atomic mass is 9.92. The smallest absolute Gasteiger partial charge is 0.171 e. The molecule has 0 amide bonds. The number of hydrogen-bond donors (Lipinski definition) is 0. The summed E-state index contributed by atoms with van der Waals surface area (Å²) in [6.07, 6.45) is 5.17. The molecule has 0 aromatic carbocycles. The van der Waals surface area contributed by atoms with E-state index in [4.69, 9.17) is 9.47 Å². The van der Waals surface area contributed by atoms with E-state index in [1.807, 2.05) is 0 Å². The largest absolute Gasteiger partial charge is 0.347 e. The van der Waals surface area contributed by atoms with Gasteiger partial charge in [0.25, 0.3) is 0 Å². The van der Waals surface area contributed by atoms with Crippen LogP contribution in [0, 0.1) is 17.8 Å². The Labute approximate surface area is 79.6 Å². The number of fused-ring (bicyclic) bond motifs is 2. The lowest BCUT2D eigenvalue weighted by Gasteiger charge is -2.28. The Morgan fingerprint density at radius 2 is 1.85 bits per heavy atom. The fourth-order valence-corrected chi connectivity index (χ4v) is 3.68. The van der Waals surface area contributed by atoms with Crippen LogP contribution in [0.15, 0.2) is 0 Å². The number of ether oxygens (including phenoxy) is 2. The van der Waals surface area contributed by atoms with Crippen LogP contribution >= 0.6 is 0 Å². The van der Waals surface area contributed by atoms with Gasteiger partial charge < -0.3 is 9.47 Å². The van der Waals surface area contributed by atoms with Crippen molar-refractivity contribution >= 4 is 0 Å². The highest BCUT2D eigenvalue weighted by Gasteiger charge is 2.55. The fourth-order valence-electron chi connectivity index (χ4n) is 3.68. The zero-order valence-electron chi connectivity index (χ0n) is 8.29. The monoisotopic (exact) mass is 182 g/mol. The summed E-state index contributed by atoms with van der Waals surface area (Å²) in [5.41, 5.74) is 0. The molecule has 1 aliphatic heterocycles. The average Bonchev–Trinajstić information content (AvgIpc) is 2.76. The molecule has 2 saturated carbocycles. The molecular weight excluding hydrogens is 164 g/mol. The molecule has 0 bridgehead atoms. The zero-order chi connectivity index (χ0) is 8.89. The molecule has 0 radical (unpaired) electrons. The molecule has 2 nitrogen and oxygen atoms in total. The molecule has 2 aliphatic carbocycles. The summed E-state index contributed by atoms with van der Waals surface area (Å²) in [4.78, 5) is 0. The van der Waals surface area contributed by atoms with E-state index < -0.39 is 0 Å². The van der Waals surface area contributed by atoms with Crippen molar-refractivity contribution in [1.29, 1.82) is 0 Å². The van der Waals surface area contributed by atoms with Gasteiger partial charge in [-0.25, -0.2) is 0 Å². The van der Waals surface area contributed by atoms with Crippen molar-refractivity contribution in [2.45, 2.75) is 38.4 Å². The van der Waals surface area contributed by atoms with E-state index in [1.54, 1.807) is 0 Å². The van der Waals surface area contributed by atoms with Gasteiger partial charge in [0.2, 0.25) is 0 Å². The summed E-state index contributed by atoms with van der Waals surface area (Å²) in [7, 11) is 0. The van der Waals surface area contributed by atoms with Gasteiger partial charge in [-0.1, -0.05) is 6.92 Å². The SMILES string of the molecule is CC1CCC2C1CCC21OCCO1. The van der Waals surface area contributed by atoms with Crippen LogP contribution in [0.3, 0.4) is 0 Å². The van der Waals surface area contributed by atoms with Crippen molar-refractivity contribution in [1.82, 2.24) is 0 Å². The van der Waals surface area contributed by atoms with Crippen LogP contribution in [-0.2, 0) is 9.47 Å². The van der Waals surface area contributed by atoms with Gasteiger partial charge in [0, 0.05) is 12.3 Å². The van der Waals surface area contributed by atoms with E-state index in [0.717, 1.165) is 31.5 Å². The molecule has 74 valence electrons. The summed E-state index contributed by atoms with van der Waals surface area (Å²) < 4.78 is 11.7. The first kappa shape index (κ1) is 8.25. The Bertz CT molecular complexity index is 208. The first-order valence-electron chi connectivity index (χ1n) is 5.60. The normalized spacial score (nSPS) is 47.3. The number of rotatable bonds is 0. The van der Waals surface area contributed by atoms with E-state index in [0.29, 0.717) is 5.92 Å². The van der Waals surface area contributed by atoms with Crippen molar-refractivity contribution in [3.8, 4) is 0 Å². The second-order valence-corrected chi connectivity index (χ2v) is 4.87. The maximum atomic E-state index is 5.84. The van der Waals surface area contributed by atoms with Gasteiger partial charge in [-0.15, -0.1) is 0 Å². The van der Waals surface area contributed by atoms with Crippen molar-refractivity contribution in [3.63, 3.8) is 0 Å².